The number of anilines is 2. The zero-order valence-corrected chi connectivity index (χ0v) is 22.9. The summed E-state index contributed by atoms with van der Waals surface area (Å²) in [6.07, 6.45) is 4.72. The Bertz CT molecular complexity index is 1440. The fourth-order valence-corrected chi connectivity index (χ4v) is 5.19. The van der Waals surface area contributed by atoms with E-state index < -0.39 is 0 Å². The van der Waals surface area contributed by atoms with Crippen LogP contribution in [0.1, 0.15) is 55.1 Å². The number of para-hydroxylation sites is 2. The molecule has 6 heteroatoms. The first-order valence-corrected chi connectivity index (χ1v) is 13.8. The summed E-state index contributed by atoms with van der Waals surface area (Å²) in [7, 11) is 0. The number of carbonyl (C=O) groups is 2. The number of hydrogen-bond acceptors (Lipinski definition) is 2. The van der Waals surface area contributed by atoms with Gasteiger partial charge in [-0.2, -0.15) is 0 Å². The van der Waals surface area contributed by atoms with Gasteiger partial charge >= 0.3 is 6.03 Å². The first kappa shape index (κ1) is 26.3. The van der Waals surface area contributed by atoms with E-state index in [0.29, 0.717) is 6.54 Å². The number of rotatable bonds is 8. The topological polar surface area (TPSA) is 57.6 Å². The molecule has 0 saturated carbocycles. The molecule has 39 heavy (non-hydrogen) atoms. The molecule has 0 fully saturated rings. The first-order valence-electron chi connectivity index (χ1n) is 13.8. The molecule has 3 amide bonds. The largest absolute Gasteiger partial charge is 0.322 e. The lowest BCUT2D eigenvalue weighted by molar-refractivity contribution is -0.119. The number of unbranched alkanes of at least 4 members (excludes halogenated alkanes) is 1. The number of aromatic nitrogens is 1. The van der Waals surface area contributed by atoms with Crippen LogP contribution in [0.4, 0.5) is 16.2 Å². The molecule has 1 unspecified atom stereocenters. The van der Waals surface area contributed by atoms with Gasteiger partial charge in [0.1, 0.15) is 12.6 Å². The van der Waals surface area contributed by atoms with Crippen molar-refractivity contribution >= 4 is 23.3 Å². The van der Waals surface area contributed by atoms with Gasteiger partial charge in [0, 0.05) is 18.4 Å². The summed E-state index contributed by atoms with van der Waals surface area (Å²) in [5.41, 5.74) is 6.94. The molecular formula is C33H36N4O2. The van der Waals surface area contributed by atoms with Crippen LogP contribution in [0.3, 0.4) is 0 Å². The molecule has 6 nitrogen and oxygen atoms in total. The predicted molar refractivity (Wildman–Crippen MR) is 158 cm³/mol. The summed E-state index contributed by atoms with van der Waals surface area (Å²) in [5.74, 6) is -0.118. The van der Waals surface area contributed by atoms with E-state index in [2.05, 4.69) is 61.0 Å². The molecule has 1 N–H and O–H groups in total. The van der Waals surface area contributed by atoms with Gasteiger partial charge in [0.2, 0.25) is 5.91 Å². The number of aryl methyl sites for hydroxylation is 2. The van der Waals surface area contributed by atoms with Crippen LogP contribution < -0.4 is 10.2 Å². The third kappa shape index (κ3) is 5.46. The number of nitrogens with one attached hydrogen (secondary N) is 1. The van der Waals surface area contributed by atoms with Crippen molar-refractivity contribution in [1.29, 1.82) is 0 Å². The maximum Gasteiger partial charge on any atom is 0.322 e. The number of urea groups is 1. The minimum absolute atomic E-state index is 0.0176. The molecule has 0 radical (unpaired) electrons. The Morgan fingerprint density at radius 2 is 1.59 bits per heavy atom. The van der Waals surface area contributed by atoms with Gasteiger partial charge in [0.25, 0.3) is 0 Å². The van der Waals surface area contributed by atoms with Crippen LogP contribution in [-0.2, 0) is 11.2 Å². The molecule has 0 bridgehead atoms. The average Bonchev–Trinajstić information content (AvgIpc) is 3.45. The van der Waals surface area contributed by atoms with Crippen molar-refractivity contribution < 1.29 is 9.59 Å². The Hall–Kier alpha value is -4.32. The van der Waals surface area contributed by atoms with Crippen LogP contribution in [0.2, 0.25) is 0 Å². The molecule has 1 aliphatic heterocycles. The van der Waals surface area contributed by atoms with Crippen LogP contribution in [0.25, 0.3) is 5.69 Å². The zero-order valence-electron chi connectivity index (χ0n) is 22.9. The van der Waals surface area contributed by atoms with Crippen molar-refractivity contribution in [2.24, 2.45) is 0 Å². The van der Waals surface area contributed by atoms with Crippen LogP contribution in [0.15, 0.2) is 91.1 Å². The lowest BCUT2D eigenvalue weighted by atomic mass is 9.97. The number of benzene rings is 3. The highest BCUT2D eigenvalue weighted by Gasteiger charge is 2.36. The quantitative estimate of drug-likeness (QED) is 0.269. The monoisotopic (exact) mass is 520 g/mol. The van der Waals surface area contributed by atoms with Crippen LogP contribution in [0.5, 0.6) is 0 Å². The van der Waals surface area contributed by atoms with E-state index in [9.17, 15) is 9.59 Å². The number of carbonyl (C=O) groups excluding carboxylic acids is 2. The Balaban J connectivity index is 1.48. The Morgan fingerprint density at radius 3 is 2.28 bits per heavy atom. The number of hydrogen-bond donors (Lipinski definition) is 1. The molecule has 2 heterocycles. The van der Waals surface area contributed by atoms with Gasteiger partial charge in [0.05, 0.1) is 17.1 Å². The molecule has 1 atom stereocenters. The summed E-state index contributed by atoms with van der Waals surface area (Å²) >= 11 is 0. The van der Waals surface area contributed by atoms with Crippen LogP contribution in [-0.4, -0.2) is 34.5 Å². The Labute approximate surface area is 230 Å². The van der Waals surface area contributed by atoms with Gasteiger partial charge in [-0.05, 0) is 67.3 Å². The van der Waals surface area contributed by atoms with Crippen molar-refractivity contribution in [3.8, 4) is 5.69 Å². The molecule has 4 aromatic rings. The highest BCUT2D eigenvalue weighted by molar-refractivity contribution is 6.01. The minimum Gasteiger partial charge on any atom is -0.316 e. The number of nitrogens with zero attached hydrogens (tertiary/aromatic N) is 3. The van der Waals surface area contributed by atoms with E-state index in [1.165, 1.54) is 5.56 Å². The molecule has 0 spiro atoms. The third-order valence-electron chi connectivity index (χ3n) is 7.39. The van der Waals surface area contributed by atoms with E-state index in [-0.39, 0.29) is 24.5 Å². The molecule has 1 aliphatic rings. The molecule has 1 aromatic heterocycles. The second-order valence-electron chi connectivity index (χ2n) is 10.1. The minimum atomic E-state index is -0.305. The maximum absolute atomic E-state index is 14.3. The molecule has 0 saturated heterocycles. The fourth-order valence-electron chi connectivity index (χ4n) is 5.19. The molecule has 3 aromatic carbocycles. The van der Waals surface area contributed by atoms with Crippen LogP contribution in [0, 0.1) is 6.92 Å². The van der Waals surface area contributed by atoms with Crippen molar-refractivity contribution in [3.05, 3.63) is 114 Å². The van der Waals surface area contributed by atoms with Gasteiger partial charge in [-0.25, -0.2) is 4.79 Å². The summed E-state index contributed by atoms with van der Waals surface area (Å²) in [5, 5.41) is 3.00. The van der Waals surface area contributed by atoms with Crippen molar-refractivity contribution in [2.75, 3.05) is 23.3 Å². The first-order chi connectivity index (χ1) is 19.0. The highest BCUT2D eigenvalue weighted by atomic mass is 16.2. The van der Waals surface area contributed by atoms with Gasteiger partial charge in [-0.15, -0.1) is 0 Å². The zero-order chi connectivity index (χ0) is 27.4. The second kappa shape index (κ2) is 11.6. The molecule has 5 rings (SSSR count). The lowest BCUT2D eigenvalue weighted by Crippen LogP contribution is -2.48. The third-order valence-corrected chi connectivity index (χ3v) is 7.39. The summed E-state index contributed by atoms with van der Waals surface area (Å²) < 4.78 is 2.16. The number of fused-ring (bicyclic) bond motifs is 3. The predicted octanol–water partition coefficient (Wildman–Crippen LogP) is 7.12. The lowest BCUT2D eigenvalue weighted by Gasteiger charge is -2.39. The molecular weight excluding hydrogens is 484 g/mol. The normalized spacial score (nSPS) is 13.9. The summed E-state index contributed by atoms with van der Waals surface area (Å²) in [6.45, 7) is 6.74. The van der Waals surface area contributed by atoms with Gasteiger partial charge in [0.15, 0.2) is 0 Å². The fraction of sp³-hybridized carbons (Fsp3) is 0.273. The number of amides is 3. The van der Waals surface area contributed by atoms with Gasteiger partial charge in [-0.3, -0.25) is 9.69 Å². The standard InChI is InChI=1S/C33H36N4O2/c1-4-6-21-35(33(39)34-27-19-15-25(5-2)16-20-27)23-31(38)37-29-11-8-7-10-28(29)36-22-9-12-30(36)32(37)26-17-13-24(3)14-18-26/h7-20,22,32H,4-6,21,23H2,1-3H3,(H,34,39). The van der Waals surface area contributed by atoms with E-state index in [0.717, 1.165) is 53.1 Å². The Morgan fingerprint density at radius 1 is 0.872 bits per heavy atom. The second-order valence-corrected chi connectivity index (χ2v) is 10.1. The van der Waals surface area contributed by atoms with E-state index in [1.54, 1.807) is 4.90 Å². The van der Waals surface area contributed by atoms with Gasteiger partial charge in [-0.1, -0.05) is 74.4 Å². The van der Waals surface area contributed by atoms with Crippen molar-refractivity contribution in [1.82, 2.24) is 9.47 Å². The maximum atomic E-state index is 14.3. The highest BCUT2D eigenvalue weighted by Crippen LogP contribution is 2.42. The smallest absolute Gasteiger partial charge is 0.316 e. The SMILES string of the molecule is CCCCN(CC(=O)N1c2ccccc2-n2cccc2C1c1ccc(C)cc1)C(=O)Nc1ccc(CC)cc1. The Kier molecular flexibility index (Phi) is 7.82. The average molecular weight is 521 g/mol. The van der Waals surface area contributed by atoms with E-state index >= 15 is 0 Å². The van der Waals surface area contributed by atoms with Crippen molar-refractivity contribution in [3.63, 3.8) is 0 Å². The summed E-state index contributed by atoms with van der Waals surface area (Å²) in [4.78, 5) is 31.2. The molecule has 0 aliphatic carbocycles. The van der Waals surface area contributed by atoms with E-state index in [4.69, 9.17) is 0 Å². The summed E-state index contributed by atoms with van der Waals surface area (Å²) in [6, 6.07) is 27.7. The van der Waals surface area contributed by atoms with Crippen molar-refractivity contribution in [2.45, 2.75) is 46.1 Å². The molecule has 200 valence electrons. The van der Waals surface area contributed by atoms with E-state index in [1.807, 2.05) is 65.7 Å². The van der Waals surface area contributed by atoms with Crippen LogP contribution >= 0.6 is 0 Å². The van der Waals surface area contributed by atoms with Gasteiger partial charge < -0.3 is 14.8 Å².